The Balaban J connectivity index is 2.07. The number of amides is 2. The molecule has 19 heavy (non-hydrogen) atoms. The second-order valence-electron chi connectivity index (χ2n) is 4.43. The Morgan fingerprint density at radius 2 is 1.74 bits per heavy atom. The highest BCUT2D eigenvalue weighted by Gasteiger charge is 2.06. The van der Waals surface area contributed by atoms with Crippen LogP contribution in [0.4, 0.5) is 16.2 Å². The van der Waals surface area contributed by atoms with Gasteiger partial charge in [-0.3, -0.25) is 0 Å². The quantitative estimate of drug-likeness (QED) is 0.827. The summed E-state index contributed by atoms with van der Waals surface area (Å²) in [5, 5.41) is 5.63. The minimum atomic E-state index is -0.253. The van der Waals surface area contributed by atoms with E-state index in [1.165, 1.54) is 0 Å². The first-order valence-corrected chi connectivity index (χ1v) is 6.75. The molecule has 0 spiro atoms. The fraction of sp³-hybridized carbons (Fsp3) is 0.133. The van der Waals surface area contributed by atoms with Crippen LogP contribution in [0.15, 0.2) is 46.9 Å². The molecule has 2 aromatic rings. The van der Waals surface area contributed by atoms with Crippen LogP contribution >= 0.6 is 15.9 Å². The molecule has 3 nitrogen and oxygen atoms in total. The van der Waals surface area contributed by atoms with Gasteiger partial charge in [-0.05, 0) is 65.2 Å². The van der Waals surface area contributed by atoms with Crippen LogP contribution in [-0.4, -0.2) is 6.03 Å². The van der Waals surface area contributed by atoms with Gasteiger partial charge in [-0.25, -0.2) is 4.79 Å². The van der Waals surface area contributed by atoms with Crippen molar-refractivity contribution in [2.45, 2.75) is 13.8 Å². The number of halogens is 1. The summed E-state index contributed by atoms with van der Waals surface area (Å²) in [4.78, 5) is 11.9. The Kier molecular flexibility index (Phi) is 4.22. The standard InChI is InChI=1S/C15H15BrN2O/c1-10-4-3-5-12(8-10)17-15(19)18-14-9-11(2)6-7-13(14)16/h3-9H,1-2H3,(H2,17,18,19). The zero-order chi connectivity index (χ0) is 13.8. The second kappa shape index (κ2) is 5.89. The molecule has 2 aromatic carbocycles. The fourth-order valence-corrected chi connectivity index (χ4v) is 2.09. The first-order chi connectivity index (χ1) is 9.04. The zero-order valence-corrected chi connectivity index (χ0v) is 12.4. The Morgan fingerprint density at radius 3 is 2.47 bits per heavy atom. The van der Waals surface area contributed by atoms with Crippen molar-refractivity contribution in [3.63, 3.8) is 0 Å². The topological polar surface area (TPSA) is 41.1 Å². The number of aryl methyl sites for hydroxylation is 2. The van der Waals surface area contributed by atoms with Crippen molar-refractivity contribution < 1.29 is 4.79 Å². The smallest absolute Gasteiger partial charge is 0.308 e. The van der Waals surface area contributed by atoms with Crippen molar-refractivity contribution in [2.75, 3.05) is 10.6 Å². The average Bonchev–Trinajstić information content (AvgIpc) is 2.34. The van der Waals surface area contributed by atoms with Crippen LogP contribution in [0.3, 0.4) is 0 Å². The number of benzene rings is 2. The van der Waals surface area contributed by atoms with E-state index in [0.717, 1.165) is 27.0 Å². The summed E-state index contributed by atoms with van der Waals surface area (Å²) < 4.78 is 0.859. The van der Waals surface area contributed by atoms with Gasteiger partial charge in [-0.15, -0.1) is 0 Å². The predicted octanol–water partition coefficient (Wildman–Crippen LogP) is 4.71. The number of urea groups is 1. The molecule has 0 bridgehead atoms. The Hall–Kier alpha value is -1.81. The van der Waals surface area contributed by atoms with Gasteiger partial charge < -0.3 is 10.6 Å². The van der Waals surface area contributed by atoms with Crippen LogP contribution < -0.4 is 10.6 Å². The van der Waals surface area contributed by atoms with Gasteiger partial charge >= 0.3 is 6.03 Å². The number of hydrogen-bond acceptors (Lipinski definition) is 1. The molecule has 2 amide bonds. The lowest BCUT2D eigenvalue weighted by molar-refractivity contribution is 0.262. The van der Waals surface area contributed by atoms with E-state index >= 15 is 0 Å². The van der Waals surface area contributed by atoms with Gasteiger partial charge in [0, 0.05) is 10.2 Å². The van der Waals surface area contributed by atoms with Crippen LogP contribution in [0, 0.1) is 13.8 Å². The van der Waals surface area contributed by atoms with Crippen molar-refractivity contribution in [1.82, 2.24) is 0 Å². The van der Waals surface area contributed by atoms with Gasteiger partial charge in [0.25, 0.3) is 0 Å². The molecular weight excluding hydrogens is 304 g/mol. The maximum absolute atomic E-state index is 11.9. The molecule has 0 radical (unpaired) electrons. The molecule has 2 N–H and O–H groups in total. The second-order valence-corrected chi connectivity index (χ2v) is 5.29. The summed E-state index contributed by atoms with van der Waals surface area (Å²) in [7, 11) is 0. The van der Waals surface area contributed by atoms with E-state index in [1.54, 1.807) is 0 Å². The maximum Gasteiger partial charge on any atom is 0.323 e. The van der Waals surface area contributed by atoms with Gasteiger partial charge in [0.15, 0.2) is 0 Å². The Labute approximate surface area is 121 Å². The van der Waals surface area contributed by atoms with E-state index in [2.05, 4.69) is 26.6 Å². The number of hydrogen-bond donors (Lipinski definition) is 2. The van der Waals surface area contributed by atoms with Crippen molar-refractivity contribution >= 4 is 33.3 Å². The molecular formula is C15H15BrN2O. The van der Waals surface area contributed by atoms with Crippen molar-refractivity contribution in [3.05, 3.63) is 58.1 Å². The third-order valence-electron chi connectivity index (χ3n) is 2.65. The lowest BCUT2D eigenvalue weighted by Gasteiger charge is -2.10. The molecule has 2 rings (SSSR count). The molecule has 0 atom stereocenters. The summed E-state index contributed by atoms with van der Waals surface area (Å²) in [6.07, 6.45) is 0. The van der Waals surface area contributed by atoms with Gasteiger partial charge in [-0.1, -0.05) is 18.2 Å². The number of carbonyl (C=O) groups is 1. The number of anilines is 2. The zero-order valence-electron chi connectivity index (χ0n) is 10.8. The third kappa shape index (κ3) is 3.83. The summed E-state index contributed by atoms with van der Waals surface area (Å²) in [5.41, 5.74) is 3.73. The van der Waals surface area contributed by atoms with E-state index < -0.39 is 0 Å². The summed E-state index contributed by atoms with van der Waals surface area (Å²) >= 11 is 3.41. The SMILES string of the molecule is Cc1cccc(NC(=O)Nc2cc(C)ccc2Br)c1. The van der Waals surface area contributed by atoms with Gasteiger partial charge in [-0.2, -0.15) is 0 Å². The fourth-order valence-electron chi connectivity index (χ4n) is 1.74. The highest BCUT2D eigenvalue weighted by atomic mass is 79.9. The van der Waals surface area contributed by atoms with Gasteiger partial charge in [0.05, 0.1) is 5.69 Å². The van der Waals surface area contributed by atoms with Crippen LogP contribution in [0.2, 0.25) is 0 Å². The van der Waals surface area contributed by atoms with Gasteiger partial charge in [0.2, 0.25) is 0 Å². The van der Waals surface area contributed by atoms with Crippen LogP contribution in [0.1, 0.15) is 11.1 Å². The summed E-state index contributed by atoms with van der Waals surface area (Å²) in [6.45, 7) is 3.97. The minimum absolute atomic E-state index is 0.253. The normalized spacial score (nSPS) is 10.1. The van der Waals surface area contributed by atoms with E-state index in [1.807, 2.05) is 56.3 Å². The van der Waals surface area contributed by atoms with Crippen molar-refractivity contribution in [1.29, 1.82) is 0 Å². The molecule has 0 aliphatic heterocycles. The first-order valence-electron chi connectivity index (χ1n) is 5.95. The van der Waals surface area contributed by atoms with E-state index in [0.29, 0.717) is 0 Å². The lowest BCUT2D eigenvalue weighted by Crippen LogP contribution is -2.19. The van der Waals surface area contributed by atoms with E-state index in [9.17, 15) is 4.79 Å². The van der Waals surface area contributed by atoms with E-state index in [-0.39, 0.29) is 6.03 Å². The van der Waals surface area contributed by atoms with Gasteiger partial charge in [0.1, 0.15) is 0 Å². The van der Waals surface area contributed by atoms with Crippen LogP contribution in [0.25, 0.3) is 0 Å². The number of rotatable bonds is 2. The Bertz CT molecular complexity index is 611. The lowest BCUT2D eigenvalue weighted by atomic mass is 10.2. The maximum atomic E-state index is 11.9. The monoisotopic (exact) mass is 318 g/mol. The molecule has 0 fully saturated rings. The molecule has 0 aliphatic carbocycles. The number of nitrogens with one attached hydrogen (secondary N) is 2. The molecule has 0 heterocycles. The largest absolute Gasteiger partial charge is 0.323 e. The first kappa shape index (κ1) is 13.6. The van der Waals surface area contributed by atoms with Crippen molar-refractivity contribution in [3.8, 4) is 0 Å². The predicted molar refractivity (Wildman–Crippen MR) is 82.7 cm³/mol. The van der Waals surface area contributed by atoms with Crippen LogP contribution in [0.5, 0.6) is 0 Å². The van der Waals surface area contributed by atoms with Crippen LogP contribution in [-0.2, 0) is 0 Å². The molecule has 0 aromatic heterocycles. The highest BCUT2D eigenvalue weighted by molar-refractivity contribution is 9.10. The number of carbonyl (C=O) groups excluding carboxylic acids is 1. The highest BCUT2D eigenvalue weighted by Crippen LogP contribution is 2.23. The minimum Gasteiger partial charge on any atom is -0.308 e. The molecule has 4 heteroatoms. The molecule has 0 aliphatic rings. The summed E-state index contributed by atoms with van der Waals surface area (Å²) in [5.74, 6) is 0. The molecule has 0 saturated heterocycles. The summed E-state index contributed by atoms with van der Waals surface area (Å²) in [6, 6.07) is 13.2. The molecule has 98 valence electrons. The van der Waals surface area contributed by atoms with Crippen molar-refractivity contribution in [2.24, 2.45) is 0 Å². The molecule has 0 saturated carbocycles. The third-order valence-corrected chi connectivity index (χ3v) is 3.34. The Morgan fingerprint density at radius 1 is 1.00 bits per heavy atom. The van der Waals surface area contributed by atoms with E-state index in [4.69, 9.17) is 0 Å². The molecule has 0 unspecified atom stereocenters. The average molecular weight is 319 g/mol.